The van der Waals surface area contributed by atoms with Gasteiger partial charge in [-0.1, -0.05) is 13.8 Å². The first-order chi connectivity index (χ1) is 10.3. The van der Waals surface area contributed by atoms with Gasteiger partial charge in [0.1, 0.15) is 5.01 Å². The van der Waals surface area contributed by atoms with Crippen molar-refractivity contribution in [3.63, 3.8) is 0 Å². The molecule has 1 aliphatic rings. The summed E-state index contributed by atoms with van der Waals surface area (Å²) in [5.74, 6) is 1.89. The van der Waals surface area contributed by atoms with Gasteiger partial charge in [-0.2, -0.15) is 13.2 Å². The molecule has 1 fully saturated rings. The summed E-state index contributed by atoms with van der Waals surface area (Å²) in [5, 5.41) is 4.57. The minimum Gasteiger partial charge on any atom is -0.350 e. The lowest BCUT2D eigenvalue weighted by Gasteiger charge is -2.37. The fourth-order valence-electron chi connectivity index (χ4n) is 2.85. The van der Waals surface area contributed by atoms with Gasteiger partial charge in [-0.05, 0) is 18.3 Å². The van der Waals surface area contributed by atoms with Crippen molar-refractivity contribution >= 4 is 41.3 Å². The molecular weight excluding hydrogens is 440 g/mol. The van der Waals surface area contributed by atoms with E-state index in [0.717, 1.165) is 35.8 Å². The Kier molecular flexibility index (Phi) is 7.56. The number of hydrogen-bond donors (Lipinski definition) is 1. The van der Waals surface area contributed by atoms with Crippen molar-refractivity contribution in [3.05, 3.63) is 16.1 Å². The van der Waals surface area contributed by atoms with Gasteiger partial charge >= 0.3 is 6.18 Å². The van der Waals surface area contributed by atoms with E-state index >= 15 is 0 Å². The molecule has 1 aromatic rings. The summed E-state index contributed by atoms with van der Waals surface area (Å²) in [5.41, 5.74) is -0.829. The fraction of sp³-hybridized carbons (Fsp3) is 0.714. The molecule has 2 unspecified atom stereocenters. The number of likely N-dealkylation sites (tertiary alicyclic amines) is 1. The first kappa shape index (κ1) is 20.5. The van der Waals surface area contributed by atoms with Crippen molar-refractivity contribution < 1.29 is 13.2 Å². The molecule has 2 atom stereocenters. The Labute approximate surface area is 155 Å². The average Bonchev–Trinajstić information content (AvgIpc) is 2.87. The molecule has 23 heavy (non-hydrogen) atoms. The zero-order chi connectivity index (χ0) is 16.3. The van der Waals surface area contributed by atoms with Crippen molar-refractivity contribution in [1.82, 2.24) is 15.2 Å². The predicted octanol–water partition coefficient (Wildman–Crippen LogP) is 3.83. The largest absolute Gasteiger partial charge is 0.434 e. The van der Waals surface area contributed by atoms with Crippen LogP contribution in [0.1, 0.15) is 31.0 Å². The molecule has 2 rings (SSSR count). The second-order valence-electron chi connectivity index (χ2n) is 5.88. The summed E-state index contributed by atoms with van der Waals surface area (Å²) >= 11 is 1.01. The molecule has 0 radical (unpaired) electrons. The van der Waals surface area contributed by atoms with Crippen LogP contribution < -0.4 is 5.32 Å². The highest BCUT2D eigenvalue weighted by molar-refractivity contribution is 14.0. The van der Waals surface area contributed by atoms with Gasteiger partial charge in [0.05, 0.1) is 6.54 Å². The highest BCUT2D eigenvalue weighted by atomic mass is 127. The molecule has 1 saturated heterocycles. The Morgan fingerprint density at radius 2 is 2.00 bits per heavy atom. The van der Waals surface area contributed by atoms with Gasteiger partial charge in [0.15, 0.2) is 11.7 Å². The third kappa shape index (κ3) is 5.77. The van der Waals surface area contributed by atoms with Crippen LogP contribution in [0, 0.1) is 11.8 Å². The van der Waals surface area contributed by atoms with Crippen LogP contribution in [-0.4, -0.2) is 36.0 Å². The van der Waals surface area contributed by atoms with E-state index < -0.39 is 11.9 Å². The number of piperidine rings is 1. The molecule has 1 N–H and O–H groups in total. The van der Waals surface area contributed by atoms with Crippen LogP contribution >= 0.6 is 35.3 Å². The quantitative estimate of drug-likeness (QED) is 0.413. The fourth-order valence-corrected chi connectivity index (χ4v) is 3.59. The Bertz CT molecular complexity index is 522. The maximum absolute atomic E-state index is 12.5. The molecule has 0 aromatic carbocycles. The number of alkyl halides is 3. The van der Waals surface area contributed by atoms with E-state index in [9.17, 15) is 13.2 Å². The van der Waals surface area contributed by atoms with Crippen molar-refractivity contribution in [1.29, 1.82) is 0 Å². The maximum atomic E-state index is 12.5. The number of nitrogens with one attached hydrogen (secondary N) is 1. The lowest BCUT2D eigenvalue weighted by Crippen LogP contribution is -2.48. The zero-order valence-electron chi connectivity index (χ0n) is 13.4. The maximum Gasteiger partial charge on any atom is 0.434 e. The standard InChI is InChI=1S/C14H21F3N4S.HI/c1-9-4-10(2)7-21(6-9)13(18-3)19-5-12-20-11(8-22-12)14(15,16)17;/h8-10H,4-7H2,1-3H3,(H,18,19);1H. The van der Waals surface area contributed by atoms with Gasteiger partial charge < -0.3 is 10.2 Å². The van der Waals surface area contributed by atoms with Gasteiger partial charge in [-0.3, -0.25) is 4.99 Å². The number of guanidine groups is 1. The van der Waals surface area contributed by atoms with E-state index in [1.54, 1.807) is 7.05 Å². The van der Waals surface area contributed by atoms with Crippen LogP contribution in [-0.2, 0) is 12.7 Å². The molecule has 2 heterocycles. The van der Waals surface area contributed by atoms with E-state index in [4.69, 9.17) is 0 Å². The van der Waals surface area contributed by atoms with Crippen LogP contribution in [0.2, 0.25) is 0 Å². The molecule has 1 aliphatic heterocycles. The van der Waals surface area contributed by atoms with Crippen LogP contribution in [0.25, 0.3) is 0 Å². The summed E-state index contributed by atoms with van der Waals surface area (Å²) in [6.45, 7) is 6.48. The number of hydrogen-bond acceptors (Lipinski definition) is 3. The molecule has 1 aromatic heterocycles. The van der Waals surface area contributed by atoms with Crippen molar-refractivity contribution in [2.75, 3.05) is 20.1 Å². The van der Waals surface area contributed by atoms with Gasteiger partial charge in [-0.15, -0.1) is 35.3 Å². The SMILES string of the molecule is CN=C(NCc1nc(C(F)(F)F)cs1)N1CC(C)CC(C)C1.I. The molecule has 0 bridgehead atoms. The van der Waals surface area contributed by atoms with E-state index in [-0.39, 0.29) is 30.5 Å². The monoisotopic (exact) mass is 462 g/mol. The van der Waals surface area contributed by atoms with Crippen molar-refractivity contribution in [2.45, 2.75) is 33.0 Å². The van der Waals surface area contributed by atoms with Crippen LogP contribution in [0.3, 0.4) is 0 Å². The second kappa shape index (κ2) is 8.50. The van der Waals surface area contributed by atoms with Crippen molar-refractivity contribution in [3.8, 4) is 0 Å². The molecule has 0 aliphatic carbocycles. The Morgan fingerprint density at radius 1 is 1.39 bits per heavy atom. The Morgan fingerprint density at radius 3 is 2.48 bits per heavy atom. The van der Waals surface area contributed by atoms with E-state index in [1.807, 2.05) is 0 Å². The number of rotatable bonds is 2. The first-order valence-electron chi connectivity index (χ1n) is 7.26. The van der Waals surface area contributed by atoms with Gasteiger partial charge in [-0.25, -0.2) is 4.98 Å². The summed E-state index contributed by atoms with van der Waals surface area (Å²) < 4.78 is 37.6. The lowest BCUT2D eigenvalue weighted by molar-refractivity contribution is -0.140. The van der Waals surface area contributed by atoms with Crippen LogP contribution in [0.5, 0.6) is 0 Å². The smallest absolute Gasteiger partial charge is 0.350 e. The number of aromatic nitrogens is 1. The summed E-state index contributed by atoms with van der Waals surface area (Å²) in [4.78, 5) is 10.0. The summed E-state index contributed by atoms with van der Waals surface area (Å²) in [6.07, 6.45) is -3.19. The first-order valence-corrected chi connectivity index (χ1v) is 8.14. The molecule has 4 nitrogen and oxygen atoms in total. The molecule has 132 valence electrons. The van der Waals surface area contributed by atoms with Gasteiger partial charge in [0.2, 0.25) is 0 Å². The zero-order valence-corrected chi connectivity index (χ0v) is 16.5. The normalized spacial score (nSPS) is 22.7. The van der Waals surface area contributed by atoms with Crippen LogP contribution in [0.4, 0.5) is 13.2 Å². The number of thiazole rings is 1. The average molecular weight is 462 g/mol. The van der Waals surface area contributed by atoms with Crippen LogP contribution in [0.15, 0.2) is 10.4 Å². The number of aliphatic imine (C=N–C) groups is 1. The number of halogens is 4. The summed E-state index contributed by atoms with van der Waals surface area (Å²) in [7, 11) is 1.69. The summed E-state index contributed by atoms with van der Waals surface area (Å²) in [6, 6.07) is 0. The van der Waals surface area contributed by atoms with E-state index in [1.165, 1.54) is 6.42 Å². The Balaban J connectivity index is 0.00000264. The highest BCUT2D eigenvalue weighted by Gasteiger charge is 2.33. The third-order valence-electron chi connectivity index (χ3n) is 3.62. The lowest BCUT2D eigenvalue weighted by atomic mass is 9.92. The Hall–Kier alpha value is -0.580. The topological polar surface area (TPSA) is 40.5 Å². The molecule has 9 heteroatoms. The highest BCUT2D eigenvalue weighted by Crippen LogP contribution is 2.30. The van der Waals surface area contributed by atoms with Gasteiger partial charge in [0, 0.05) is 25.5 Å². The molecule has 0 saturated carbocycles. The minimum atomic E-state index is -4.38. The molecular formula is C14H22F3IN4S. The molecule has 0 amide bonds. The third-order valence-corrected chi connectivity index (χ3v) is 4.47. The van der Waals surface area contributed by atoms with E-state index in [0.29, 0.717) is 16.8 Å². The number of nitrogens with zero attached hydrogens (tertiary/aromatic N) is 3. The van der Waals surface area contributed by atoms with Gasteiger partial charge in [0.25, 0.3) is 0 Å². The minimum absolute atomic E-state index is 0. The van der Waals surface area contributed by atoms with E-state index in [2.05, 4.69) is 34.0 Å². The molecule has 0 spiro atoms. The van der Waals surface area contributed by atoms with Crippen molar-refractivity contribution in [2.24, 2.45) is 16.8 Å². The predicted molar refractivity (Wildman–Crippen MR) is 97.2 cm³/mol. The second-order valence-corrected chi connectivity index (χ2v) is 6.82.